The molecule has 0 bridgehead atoms. The third-order valence-electron chi connectivity index (χ3n) is 3.01. The summed E-state index contributed by atoms with van der Waals surface area (Å²) in [6, 6.07) is 1.18. The van der Waals surface area contributed by atoms with Gasteiger partial charge in [-0.1, -0.05) is 6.10 Å². The Morgan fingerprint density at radius 1 is 1.25 bits per heavy atom. The van der Waals surface area contributed by atoms with Gasteiger partial charge >= 0.3 is 102 Å². The molecule has 0 aliphatic carbocycles. The Balaban J connectivity index is 0. The maximum atomic E-state index is 12.0. The van der Waals surface area contributed by atoms with Crippen molar-refractivity contribution in [2.45, 2.75) is 24.5 Å². The Labute approximate surface area is 224 Å². The number of ether oxygens (including phenoxy) is 1. The van der Waals surface area contributed by atoms with Gasteiger partial charge < -0.3 is 39.9 Å². The first-order valence-electron chi connectivity index (χ1n) is 6.44. The molecule has 1 aromatic heterocycles. The molecular formula is C9H12N3Na3O11P2. The van der Waals surface area contributed by atoms with Crippen molar-refractivity contribution in [2.75, 3.05) is 12.3 Å². The minimum Gasteiger partial charge on any atom is -0.851 e. The van der Waals surface area contributed by atoms with Crippen LogP contribution >= 0.6 is 15.6 Å². The summed E-state index contributed by atoms with van der Waals surface area (Å²) < 4.78 is 35.0. The van der Waals surface area contributed by atoms with Crippen molar-refractivity contribution in [1.82, 2.24) is 9.55 Å². The summed E-state index contributed by atoms with van der Waals surface area (Å²) in [5.41, 5.74) is 4.33. The van der Waals surface area contributed by atoms with Gasteiger partial charge in [0.2, 0.25) is 0 Å². The van der Waals surface area contributed by atoms with E-state index in [9.17, 15) is 29.0 Å². The molecule has 19 heteroatoms. The molecule has 0 aromatic carbocycles. The molecule has 14 nitrogen and oxygen atoms in total. The second kappa shape index (κ2) is 12.8. The molecule has 1 aromatic rings. The van der Waals surface area contributed by atoms with Crippen molar-refractivity contribution in [3.63, 3.8) is 0 Å². The first-order chi connectivity index (χ1) is 11.4. The Kier molecular flexibility index (Phi) is 14.6. The molecule has 1 aliphatic heterocycles. The van der Waals surface area contributed by atoms with Crippen molar-refractivity contribution in [1.29, 1.82) is 0 Å². The molecule has 0 saturated carbocycles. The van der Waals surface area contributed by atoms with E-state index in [1.54, 1.807) is 0 Å². The summed E-state index contributed by atoms with van der Waals surface area (Å²) in [6.07, 6.45) is -6.19. The molecule has 0 amide bonds. The fourth-order valence-corrected chi connectivity index (χ4v) is 3.56. The zero-order chi connectivity index (χ0) is 19.0. The van der Waals surface area contributed by atoms with Gasteiger partial charge in [0.1, 0.15) is 12.0 Å². The van der Waals surface area contributed by atoms with Crippen molar-refractivity contribution >= 4 is 21.5 Å². The quantitative estimate of drug-likeness (QED) is 0.260. The fraction of sp³-hybridized carbons (Fsp3) is 0.556. The number of phosphoric ester groups is 1. The Morgan fingerprint density at radius 2 is 1.82 bits per heavy atom. The van der Waals surface area contributed by atoms with Crippen LogP contribution in [0.3, 0.4) is 0 Å². The maximum absolute atomic E-state index is 12.0. The van der Waals surface area contributed by atoms with E-state index < -0.39 is 52.5 Å². The minimum absolute atomic E-state index is 0. The molecule has 142 valence electrons. The van der Waals surface area contributed by atoms with Crippen LogP contribution in [0, 0.1) is 0 Å². The SMILES string of the molecule is Nc1ccn([C@@H]2O[C@H](COP(=O)([O-])OP(=O)(O)O)[C@@H]([O-])[C@H]2[O-])c(=O)n1.[Na+].[Na+].[Na+]. The molecule has 1 fully saturated rings. The van der Waals surface area contributed by atoms with Gasteiger partial charge in [0.05, 0.1) is 12.7 Å². The number of nitrogens with two attached hydrogens (primary N) is 1. The van der Waals surface area contributed by atoms with Crippen LogP contribution in [0.2, 0.25) is 0 Å². The number of nitrogens with zero attached hydrogens (tertiary/aromatic N) is 2. The number of anilines is 1. The third kappa shape index (κ3) is 9.13. The summed E-state index contributed by atoms with van der Waals surface area (Å²) in [5.74, 6) is -0.123. The largest absolute Gasteiger partial charge is 1.00 e. The van der Waals surface area contributed by atoms with Gasteiger partial charge in [0, 0.05) is 6.20 Å². The van der Waals surface area contributed by atoms with E-state index in [1.807, 2.05) is 0 Å². The monoisotopic (exact) mass is 469 g/mol. The molecule has 1 unspecified atom stereocenters. The van der Waals surface area contributed by atoms with Gasteiger partial charge in [0.25, 0.3) is 7.82 Å². The van der Waals surface area contributed by atoms with E-state index in [0.717, 1.165) is 6.20 Å². The van der Waals surface area contributed by atoms with Crippen LogP contribution in [-0.4, -0.2) is 44.3 Å². The predicted molar refractivity (Wildman–Crippen MR) is 71.1 cm³/mol. The van der Waals surface area contributed by atoms with Gasteiger partial charge in [-0.15, -0.1) is 6.10 Å². The first-order valence-corrected chi connectivity index (χ1v) is 9.43. The minimum atomic E-state index is -5.45. The van der Waals surface area contributed by atoms with Crippen LogP contribution in [0.1, 0.15) is 6.23 Å². The van der Waals surface area contributed by atoms with E-state index in [1.165, 1.54) is 6.07 Å². The van der Waals surface area contributed by atoms with Gasteiger partial charge in [-0.3, -0.25) is 9.13 Å². The Morgan fingerprint density at radius 3 is 2.32 bits per heavy atom. The average Bonchev–Trinajstić information content (AvgIpc) is 2.71. The molecule has 0 radical (unpaired) electrons. The van der Waals surface area contributed by atoms with E-state index >= 15 is 0 Å². The average molecular weight is 469 g/mol. The number of rotatable bonds is 6. The van der Waals surface area contributed by atoms with E-state index in [2.05, 4.69) is 13.8 Å². The second-order valence-corrected chi connectivity index (χ2v) is 7.64. The van der Waals surface area contributed by atoms with Gasteiger partial charge in [-0.05, 0) is 6.07 Å². The van der Waals surface area contributed by atoms with E-state index in [-0.39, 0.29) is 94.5 Å². The van der Waals surface area contributed by atoms with Crippen LogP contribution in [0.25, 0.3) is 0 Å². The summed E-state index contributed by atoms with van der Waals surface area (Å²) in [6.45, 7) is -1.04. The van der Waals surface area contributed by atoms with Crippen LogP contribution in [0.15, 0.2) is 17.1 Å². The summed E-state index contributed by atoms with van der Waals surface area (Å²) in [4.78, 5) is 43.1. The van der Waals surface area contributed by atoms with Crippen molar-refractivity contribution in [3.8, 4) is 0 Å². The smallest absolute Gasteiger partial charge is 0.851 e. The third-order valence-corrected chi connectivity index (χ3v) is 5.13. The van der Waals surface area contributed by atoms with E-state index in [0.29, 0.717) is 4.57 Å². The maximum Gasteiger partial charge on any atom is 1.00 e. The van der Waals surface area contributed by atoms with Crippen LogP contribution < -0.4 is 115 Å². The first kappa shape index (κ1) is 32.0. The van der Waals surface area contributed by atoms with Gasteiger partial charge in [-0.25, -0.2) is 13.7 Å². The number of hydrogen-bond donors (Lipinski definition) is 3. The number of hydrogen-bond acceptors (Lipinski definition) is 11. The normalized spacial score (nSPS) is 26.3. The topological polar surface area (TPSA) is 232 Å². The molecule has 0 spiro atoms. The summed E-state index contributed by atoms with van der Waals surface area (Å²) >= 11 is 0. The molecule has 2 heterocycles. The van der Waals surface area contributed by atoms with E-state index in [4.69, 9.17) is 20.3 Å². The van der Waals surface area contributed by atoms with Gasteiger partial charge in [-0.2, -0.15) is 4.98 Å². The number of aromatic nitrogens is 2. The van der Waals surface area contributed by atoms with Crippen molar-refractivity contribution < 1.29 is 136 Å². The molecule has 5 atom stereocenters. The van der Waals surface area contributed by atoms with Gasteiger partial charge in [0.15, 0.2) is 0 Å². The Hall–Kier alpha value is 1.82. The number of phosphoric acid groups is 2. The molecule has 1 saturated heterocycles. The summed E-state index contributed by atoms with van der Waals surface area (Å²) in [7, 11) is -10.8. The molecule has 4 N–H and O–H groups in total. The summed E-state index contributed by atoms with van der Waals surface area (Å²) in [5, 5.41) is 23.9. The molecular weight excluding hydrogens is 457 g/mol. The van der Waals surface area contributed by atoms with Crippen molar-refractivity contribution in [3.05, 3.63) is 22.7 Å². The fourth-order valence-electron chi connectivity index (χ4n) is 2.00. The standard InChI is InChI=1S/C9H13N3O11P2.3Na/c10-5-1-2-12(9(15)11-5)8-7(14)6(13)4(22-8)3-21-25(19,20)23-24(16,17)18;;;/h1-2,4,6-8H,3H2,(H,19,20)(H2,10,11,15)(H2,16,17,18);;;/q-2;3*+1/p-1/t4-,6-,7-,8-;;;/m1.../s1. The van der Waals surface area contributed by atoms with Crippen LogP contribution in [0.5, 0.6) is 0 Å². The molecule has 2 rings (SSSR count). The van der Waals surface area contributed by atoms with Crippen LogP contribution in [-0.2, 0) is 22.7 Å². The Bertz CT molecular complexity index is 792. The molecule has 1 aliphatic rings. The molecule has 28 heavy (non-hydrogen) atoms. The van der Waals surface area contributed by atoms with Crippen LogP contribution in [0.4, 0.5) is 5.82 Å². The zero-order valence-corrected chi connectivity index (χ0v) is 22.9. The van der Waals surface area contributed by atoms with Crippen molar-refractivity contribution in [2.24, 2.45) is 0 Å². The predicted octanol–water partition coefficient (Wildman–Crippen LogP) is -13.2. The second-order valence-electron chi connectivity index (χ2n) is 4.85. The number of nitrogen functional groups attached to an aromatic ring is 1. The zero-order valence-electron chi connectivity index (χ0n) is 15.1.